The van der Waals surface area contributed by atoms with Gasteiger partial charge in [0.25, 0.3) is 0 Å². The van der Waals surface area contributed by atoms with Crippen molar-refractivity contribution < 1.29 is 46.3 Å². The molecule has 0 aliphatic heterocycles. The van der Waals surface area contributed by atoms with Crippen molar-refractivity contribution >= 4 is 39.5 Å². The highest BCUT2D eigenvalue weighted by Gasteiger charge is 2.16. The minimum atomic E-state index is -0.987. The van der Waals surface area contributed by atoms with Gasteiger partial charge in [-0.25, -0.2) is 27.2 Å². The monoisotopic (exact) mass is 647 g/mol. The van der Waals surface area contributed by atoms with Gasteiger partial charge in [0.05, 0.1) is 21.6 Å². The molecular formula is C28H21F4N5O9. The van der Waals surface area contributed by atoms with E-state index in [0.29, 0.717) is 5.52 Å². The number of phenolic OH excluding ortho intramolecular Hbond substituents is 2. The van der Waals surface area contributed by atoms with Crippen LogP contribution in [-0.4, -0.2) is 30.6 Å². The molecule has 6 aromatic rings. The molecular weight excluding hydrogens is 626 g/mol. The molecule has 18 heteroatoms. The summed E-state index contributed by atoms with van der Waals surface area (Å²) < 4.78 is 60.7. The zero-order chi connectivity index (χ0) is 34.1. The number of H-pyrrole nitrogens is 1. The number of oxazole rings is 2. The molecule has 0 unspecified atom stereocenters. The molecule has 0 saturated carbocycles. The number of nitrogens with one attached hydrogen (secondary N) is 1. The first-order valence-electron chi connectivity index (χ1n) is 12.4. The van der Waals surface area contributed by atoms with E-state index >= 15 is 0 Å². The van der Waals surface area contributed by atoms with Crippen molar-refractivity contribution in [1.82, 2.24) is 9.55 Å². The highest BCUT2D eigenvalue weighted by atomic mass is 19.1. The lowest BCUT2D eigenvalue weighted by Crippen LogP contribution is -2.24. The maximum atomic E-state index is 13.2. The summed E-state index contributed by atoms with van der Waals surface area (Å²) in [7, 11) is 0. The molecule has 1 amide bonds. The second-order valence-electron chi connectivity index (χ2n) is 8.68. The number of nitrogens with zero attached hydrogens (tertiary/aromatic N) is 2. The Labute approximate surface area is 252 Å². The molecule has 0 saturated heterocycles. The van der Waals surface area contributed by atoms with E-state index in [-0.39, 0.29) is 28.9 Å². The van der Waals surface area contributed by atoms with Gasteiger partial charge in [-0.1, -0.05) is 24.3 Å². The zero-order valence-electron chi connectivity index (χ0n) is 22.9. The van der Waals surface area contributed by atoms with Crippen LogP contribution in [0.5, 0.6) is 11.5 Å². The smallest absolute Gasteiger partial charge is 0.420 e. The summed E-state index contributed by atoms with van der Waals surface area (Å²) >= 11 is 0. The lowest BCUT2D eigenvalue weighted by atomic mass is 10.3. The number of para-hydroxylation sites is 4. The maximum absolute atomic E-state index is 13.2. The number of phenols is 2. The number of aromatic amines is 1. The Morgan fingerprint density at radius 1 is 0.826 bits per heavy atom. The number of aromatic nitrogens is 2. The van der Waals surface area contributed by atoms with Crippen LogP contribution in [0, 0.1) is 33.4 Å². The molecule has 46 heavy (non-hydrogen) atoms. The number of aromatic hydroxyl groups is 2. The highest BCUT2D eigenvalue weighted by molar-refractivity contribution is 5.78. The van der Waals surface area contributed by atoms with Crippen LogP contribution in [0.25, 0.3) is 22.2 Å². The number of amides is 1. The Morgan fingerprint density at radius 3 is 1.91 bits per heavy atom. The summed E-state index contributed by atoms with van der Waals surface area (Å²) in [5.74, 6) is -6.36. The Balaban J connectivity index is 0.000000170. The van der Waals surface area contributed by atoms with Crippen molar-refractivity contribution in [2.45, 2.75) is 6.54 Å². The third kappa shape index (κ3) is 8.28. The topological polar surface area (TPSA) is 234 Å². The number of anilines is 1. The molecule has 2 aromatic heterocycles. The first-order valence-corrected chi connectivity index (χ1v) is 12.4. The second-order valence-corrected chi connectivity index (χ2v) is 8.68. The van der Waals surface area contributed by atoms with Crippen molar-refractivity contribution in [3.8, 4) is 11.5 Å². The number of hydrogen-bond donors (Lipinski definition) is 5. The number of nitro benzene ring substituents is 1. The van der Waals surface area contributed by atoms with Crippen LogP contribution in [0.2, 0.25) is 0 Å². The number of hydrogen-bond acceptors (Lipinski definition) is 10. The van der Waals surface area contributed by atoms with E-state index in [1.807, 2.05) is 0 Å². The molecule has 0 bridgehead atoms. The largest absolute Gasteiger partial charge is 0.503 e. The number of benzene rings is 4. The van der Waals surface area contributed by atoms with Crippen molar-refractivity contribution in [3.63, 3.8) is 0 Å². The number of halogens is 4. The average Bonchev–Trinajstić information content (AvgIpc) is 3.54. The van der Waals surface area contributed by atoms with E-state index in [1.165, 1.54) is 42.5 Å². The first-order chi connectivity index (χ1) is 21.7. The molecule has 6 rings (SSSR count). The molecule has 4 aromatic carbocycles. The van der Waals surface area contributed by atoms with Gasteiger partial charge in [-0.3, -0.25) is 24.5 Å². The summed E-state index contributed by atoms with van der Waals surface area (Å²) in [5, 5.41) is 27.5. The van der Waals surface area contributed by atoms with Gasteiger partial charge in [-0.05, 0) is 42.5 Å². The number of fused-ring (bicyclic) bond motifs is 2. The lowest BCUT2D eigenvalue weighted by Gasteiger charge is -1.96. The number of nitrogen functional groups attached to an aromatic ring is 1. The maximum Gasteiger partial charge on any atom is 0.420 e. The van der Waals surface area contributed by atoms with Gasteiger partial charge in [-0.2, -0.15) is 0 Å². The normalized spacial score (nSPS) is 10.2. The molecule has 240 valence electrons. The number of nitrogens with two attached hydrogens (primary N) is 2. The predicted octanol–water partition coefficient (Wildman–Crippen LogP) is 4.03. The van der Waals surface area contributed by atoms with Gasteiger partial charge in [0.15, 0.2) is 40.2 Å². The Kier molecular flexibility index (Phi) is 10.9. The zero-order valence-corrected chi connectivity index (χ0v) is 22.9. The first kappa shape index (κ1) is 33.9. The number of primary amides is 1. The molecule has 2 heterocycles. The standard InChI is InChI=1S/C9H7FN2O3.C7H4FNO2.C6H4FNO3.C6H6FNO/c10-5-2-1-3-6-8(5)15-9(14)12(6)4-7(11)13;8-4-2-1-3-5-6(4)11-7(10)9-5;7-4-2-1-3-5(6(4)9)8(10)11;7-4-2-1-3-5(8)6(4)9/h1-3H,4H2,(H2,11,13);1-3H,(H,9,10);1-3,9H;1-3,9H,8H2. The fourth-order valence-electron chi connectivity index (χ4n) is 3.48. The van der Waals surface area contributed by atoms with Crippen LogP contribution in [0.1, 0.15) is 0 Å². The minimum Gasteiger partial charge on any atom is -0.503 e. The summed E-state index contributed by atoms with van der Waals surface area (Å²) in [5.41, 5.74) is 9.95. The van der Waals surface area contributed by atoms with Gasteiger partial charge < -0.3 is 30.5 Å². The van der Waals surface area contributed by atoms with Crippen LogP contribution >= 0.6 is 0 Å². The van der Waals surface area contributed by atoms with Gasteiger partial charge >= 0.3 is 17.2 Å². The van der Waals surface area contributed by atoms with Crippen LogP contribution < -0.4 is 23.0 Å². The number of nitro groups is 1. The van der Waals surface area contributed by atoms with Gasteiger partial charge in [0.1, 0.15) is 6.54 Å². The molecule has 0 atom stereocenters. The molecule has 14 nitrogen and oxygen atoms in total. The van der Waals surface area contributed by atoms with Crippen LogP contribution in [0.4, 0.5) is 28.9 Å². The molecule has 0 aliphatic carbocycles. The lowest BCUT2D eigenvalue weighted by molar-refractivity contribution is -0.386. The van der Waals surface area contributed by atoms with E-state index in [2.05, 4.69) is 13.8 Å². The molecule has 0 spiro atoms. The third-order valence-corrected chi connectivity index (χ3v) is 5.54. The van der Waals surface area contributed by atoms with Crippen molar-refractivity contribution in [2.24, 2.45) is 5.73 Å². The number of rotatable bonds is 3. The van der Waals surface area contributed by atoms with Crippen LogP contribution in [0.15, 0.2) is 91.2 Å². The van der Waals surface area contributed by atoms with E-state index < -0.39 is 62.8 Å². The number of carbonyl (C=O) groups excluding carboxylic acids is 1. The fourth-order valence-corrected chi connectivity index (χ4v) is 3.48. The van der Waals surface area contributed by atoms with Crippen molar-refractivity contribution in [3.05, 3.63) is 127 Å². The molecule has 7 N–H and O–H groups in total. The fraction of sp³-hybridized carbons (Fsp3) is 0.0357. The van der Waals surface area contributed by atoms with E-state index in [9.17, 15) is 42.1 Å². The quantitative estimate of drug-likeness (QED) is 0.0608. The second kappa shape index (κ2) is 14.7. The predicted molar refractivity (Wildman–Crippen MR) is 154 cm³/mol. The molecule has 0 fully saturated rings. The Bertz CT molecular complexity index is 2120. The number of carbonyl (C=O) groups is 1. The average molecular weight is 647 g/mol. The molecule has 0 aliphatic rings. The van der Waals surface area contributed by atoms with Gasteiger partial charge in [-0.15, -0.1) is 0 Å². The van der Waals surface area contributed by atoms with E-state index in [4.69, 9.17) is 21.7 Å². The van der Waals surface area contributed by atoms with Gasteiger partial charge in [0, 0.05) is 6.07 Å². The van der Waals surface area contributed by atoms with Crippen LogP contribution in [0.3, 0.4) is 0 Å². The summed E-state index contributed by atoms with van der Waals surface area (Å²) in [6, 6.07) is 15.5. The van der Waals surface area contributed by atoms with Gasteiger partial charge in [0.2, 0.25) is 11.7 Å². The SMILES string of the molecule is NC(=O)Cn1c(=O)oc2c(F)cccc21.Nc1cccc(F)c1O.O=[N+]([O-])c1cccc(F)c1O.O=c1[nH]c2cccc(F)c2o1. The minimum absolute atomic E-state index is 0.0162. The molecule has 0 radical (unpaired) electrons. The summed E-state index contributed by atoms with van der Waals surface area (Å²) in [6.45, 7) is -0.324. The van der Waals surface area contributed by atoms with Crippen LogP contribution in [-0.2, 0) is 11.3 Å². The highest BCUT2D eigenvalue weighted by Crippen LogP contribution is 2.27. The van der Waals surface area contributed by atoms with E-state index in [0.717, 1.165) is 28.8 Å². The summed E-state index contributed by atoms with van der Waals surface area (Å²) in [4.78, 5) is 44.0. The summed E-state index contributed by atoms with van der Waals surface area (Å²) in [6.07, 6.45) is 0. The van der Waals surface area contributed by atoms with Crippen molar-refractivity contribution in [2.75, 3.05) is 5.73 Å². The Morgan fingerprint density at radius 2 is 1.37 bits per heavy atom. The van der Waals surface area contributed by atoms with Crippen molar-refractivity contribution in [1.29, 1.82) is 0 Å². The third-order valence-electron chi connectivity index (χ3n) is 5.54. The Hall–Kier alpha value is -6.59. The van der Waals surface area contributed by atoms with E-state index in [1.54, 1.807) is 6.07 Å².